The normalized spacial score (nSPS) is 17.9. The first kappa shape index (κ1) is 31.0. The lowest BCUT2D eigenvalue weighted by Crippen LogP contribution is -2.19. The number of alkyl halides is 6. The minimum Gasteiger partial charge on any atom is -0.353 e. The average Bonchev–Trinajstić information content (AvgIpc) is 3.77. The van der Waals surface area contributed by atoms with Crippen LogP contribution in [0.1, 0.15) is 69.6 Å². The molecule has 2 aliphatic heterocycles. The fourth-order valence-corrected chi connectivity index (χ4v) is 5.16. The van der Waals surface area contributed by atoms with Gasteiger partial charge in [-0.05, 0) is 47.5 Å². The zero-order chi connectivity index (χ0) is 31.6. The molecule has 45 heavy (non-hydrogen) atoms. The SMILES string of the molecule is FC(F)(F)c1ccc(C(OC(c2ccc(C(F)(F)F)c(C3OCCO3)c2)c2ccncn2)c2ccncn2)cc1C1OCCO1. The molecule has 4 heterocycles. The Hall–Kier alpha value is -4.02. The van der Waals surface area contributed by atoms with Crippen LogP contribution in [0.4, 0.5) is 26.3 Å². The number of halogens is 6. The number of hydrogen-bond donors (Lipinski definition) is 0. The lowest BCUT2D eigenvalue weighted by Gasteiger charge is -2.27. The Morgan fingerprint density at radius 3 is 1.33 bits per heavy atom. The number of aromatic nitrogens is 4. The van der Waals surface area contributed by atoms with Gasteiger partial charge in [-0.15, -0.1) is 0 Å². The quantitative estimate of drug-likeness (QED) is 0.207. The molecule has 2 atom stereocenters. The van der Waals surface area contributed by atoms with Gasteiger partial charge in [-0.2, -0.15) is 26.3 Å². The van der Waals surface area contributed by atoms with Crippen LogP contribution in [0.15, 0.2) is 73.6 Å². The molecule has 0 spiro atoms. The molecule has 0 bridgehead atoms. The van der Waals surface area contributed by atoms with E-state index in [0.29, 0.717) is 0 Å². The van der Waals surface area contributed by atoms with Crippen molar-refractivity contribution in [3.05, 3.63) is 118 Å². The van der Waals surface area contributed by atoms with Gasteiger partial charge in [0.1, 0.15) is 24.9 Å². The van der Waals surface area contributed by atoms with Gasteiger partial charge in [0.05, 0.1) is 48.9 Å². The van der Waals surface area contributed by atoms with E-state index in [-0.39, 0.29) is 60.1 Å². The molecule has 2 unspecified atom stereocenters. The number of benzene rings is 2. The maximum absolute atomic E-state index is 14.0. The molecular formula is C30H24F6N4O5. The van der Waals surface area contributed by atoms with Crippen molar-refractivity contribution in [2.45, 2.75) is 37.1 Å². The molecule has 2 aromatic heterocycles. The minimum atomic E-state index is -4.71. The largest absolute Gasteiger partial charge is 0.416 e. The zero-order valence-electron chi connectivity index (χ0n) is 23.2. The van der Waals surface area contributed by atoms with Crippen LogP contribution in [-0.4, -0.2) is 46.4 Å². The molecule has 236 valence electrons. The highest BCUT2D eigenvalue weighted by atomic mass is 19.4. The first-order valence-electron chi connectivity index (χ1n) is 13.7. The van der Waals surface area contributed by atoms with Crippen LogP contribution in [0.5, 0.6) is 0 Å². The molecule has 4 aromatic rings. The third kappa shape index (κ3) is 6.82. The third-order valence-corrected chi connectivity index (χ3v) is 7.14. The van der Waals surface area contributed by atoms with E-state index in [1.807, 2.05) is 0 Å². The first-order valence-corrected chi connectivity index (χ1v) is 13.7. The summed E-state index contributed by atoms with van der Waals surface area (Å²) in [6.45, 7) is 0.438. The second-order valence-electron chi connectivity index (χ2n) is 10.0. The van der Waals surface area contributed by atoms with E-state index >= 15 is 0 Å². The lowest BCUT2D eigenvalue weighted by atomic mass is 9.96. The Labute approximate surface area is 252 Å². The Kier molecular flexibility index (Phi) is 8.79. The van der Waals surface area contributed by atoms with Gasteiger partial charge in [-0.3, -0.25) is 0 Å². The Bertz CT molecular complexity index is 1480. The number of hydrogen-bond acceptors (Lipinski definition) is 9. The van der Waals surface area contributed by atoms with E-state index < -0.39 is 48.3 Å². The smallest absolute Gasteiger partial charge is 0.353 e. The summed E-state index contributed by atoms with van der Waals surface area (Å²) >= 11 is 0. The molecule has 2 aliphatic rings. The first-order chi connectivity index (χ1) is 21.6. The van der Waals surface area contributed by atoms with Crippen LogP contribution >= 0.6 is 0 Å². The number of ether oxygens (including phenoxy) is 5. The van der Waals surface area contributed by atoms with Crippen LogP contribution < -0.4 is 0 Å². The molecule has 6 rings (SSSR count). The second-order valence-corrected chi connectivity index (χ2v) is 10.0. The summed E-state index contributed by atoms with van der Waals surface area (Å²) in [6.07, 6.45) is -8.93. The van der Waals surface area contributed by atoms with Gasteiger partial charge >= 0.3 is 12.4 Å². The molecule has 2 saturated heterocycles. The van der Waals surface area contributed by atoms with Gasteiger partial charge in [-0.1, -0.05) is 12.1 Å². The van der Waals surface area contributed by atoms with E-state index in [4.69, 9.17) is 23.7 Å². The molecule has 9 nitrogen and oxygen atoms in total. The second kappa shape index (κ2) is 12.8. The maximum atomic E-state index is 14.0. The molecular weight excluding hydrogens is 610 g/mol. The Morgan fingerprint density at radius 1 is 0.600 bits per heavy atom. The van der Waals surface area contributed by atoms with E-state index in [1.165, 1.54) is 61.4 Å². The van der Waals surface area contributed by atoms with Crippen LogP contribution in [0, 0.1) is 0 Å². The molecule has 0 amide bonds. The minimum absolute atomic E-state index is 0.110. The van der Waals surface area contributed by atoms with Gasteiger partial charge in [0, 0.05) is 23.5 Å². The summed E-state index contributed by atoms with van der Waals surface area (Å²) in [7, 11) is 0. The van der Waals surface area contributed by atoms with Crippen molar-refractivity contribution in [3.8, 4) is 0 Å². The Morgan fingerprint density at radius 2 is 1.00 bits per heavy atom. The predicted molar refractivity (Wildman–Crippen MR) is 141 cm³/mol. The molecule has 0 saturated carbocycles. The third-order valence-electron chi connectivity index (χ3n) is 7.14. The van der Waals surface area contributed by atoms with Crippen molar-refractivity contribution >= 4 is 0 Å². The van der Waals surface area contributed by atoms with Gasteiger partial charge in [-0.25, -0.2) is 19.9 Å². The summed E-state index contributed by atoms with van der Waals surface area (Å²) in [4.78, 5) is 16.4. The van der Waals surface area contributed by atoms with Crippen LogP contribution in [0.2, 0.25) is 0 Å². The van der Waals surface area contributed by atoms with Gasteiger partial charge in [0.15, 0.2) is 12.6 Å². The zero-order valence-corrected chi connectivity index (χ0v) is 23.2. The van der Waals surface area contributed by atoms with E-state index in [0.717, 1.165) is 12.1 Å². The highest BCUT2D eigenvalue weighted by molar-refractivity contribution is 5.41. The fraction of sp³-hybridized carbons (Fsp3) is 0.333. The molecule has 15 heteroatoms. The average molecular weight is 635 g/mol. The summed E-state index contributed by atoms with van der Waals surface area (Å²) in [5.74, 6) is 0. The summed E-state index contributed by atoms with van der Waals surface area (Å²) < 4.78 is 112. The summed E-state index contributed by atoms with van der Waals surface area (Å²) in [5, 5.41) is 0. The van der Waals surface area contributed by atoms with Crippen LogP contribution in [0.25, 0.3) is 0 Å². The van der Waals surface area contributed by atoms with Crippen molar-refractivity contribution < 1.29 is 50.0 Å². The highest BCUT2D eigenvalue weighted by Gasteiger charge is 2.40. The summed E-state index contributed by atoms with van der Waals surface area (Å²) in [5.41, 5.74) is -1.41. The lowest BCUT2D eigenvalue weighted by molar-refractivity contribution is -0.143. The number of nitrogens with zero attached hydrogens (tertiary/aromatic N) is 4. The van der Waals surface area contributed by atoms with Crippen molar-refractivity contribution in [2.24, 2.45) is 0 Å². The Balaban J connectivity index is 1.48. The summed E-state index contributed by atoms with van der Waals surface area (Å²) in [6, 6.07) is 9.84. The molecule has 0 radical (unpaired) electrons. The van der Waals surface area contributed by atoms with Crippen LogP contribution in [0.3, 0.4) is 0 Å². The number of rotatable bonds is 8. The van der Waals surface area contributed by atoms with Crippen LogP contribution in [-0.2, 0) is 36.0 Å². The highest BCUT2D eigenvalue weighted by Crippen LogP contribution is 2.43. The molecule has 2 aromatic carbocycles. The molecule has 0 aliphatic carbocycles. The van der Waals surface area contributed by atoms with Crippen molar-refractivity contribution in [2.75, 3.05) is 26.4 Å². The van der Waals surface area contributed by atoms with Gasteiger partial charge < -0.3 is 23.7 Å². The fourth-order valence-electron chi connectivity index (χ4n) is 5.16. The van der Waals surface area contributed by atoms with Gasteiger partial charge in [0.2, 0.25) is 0 Å². The predicted octanol–water partition coefficient (Wildman–Crippen LogP) is 6.29. The molecule has 2 fully saturated rings. The van der Waals surface area contributed by atoms with E-state index in [2.05, 4.69) is 19.9 Å². The monoisotopic (exact) mass is 634 g/mol. The van der Waals surface area contributed by atoms with Gasteiger partial charge in [0.25, 0.3) is 0 Å². The van der Waals surface area contributed by atoms with E-state index in [9.17, 15) is 26.3 Å². The van der Waals surface area contributed by atoms with Crippen molar-refractivity contribution in [1.29, 1.82) is 0 Å². The van der Waals surface area contributed by atoms with E-state index in [1.54, 1.807) is 0 Å². The topological polar surface area (TPSA) is 97.7 Å². The molecule has 0 N–H and O–H groups in total. The van der Waals surface area contributed by atoms with Crippen molar-refractivity contribution in [3.63, 3.8) is 0 Å². The standard InChI is InChI=1S/C30H24F6N4O5/c31-29(32,33)21-3-1-17(13-19(21)27-41-9-10-42-27)25(23-5-7-37-15-39-23)45-26(24-6-8-38-16-40-24)18-2-4-22(30(34,35)36)20(14-18)28-43-11-12-44-28/h1-8,13-16,25-28H,9-12H2. The maximum Gasteiger partial charge on any atom is 0.416 e. The van der Waals surface area contributed by atoms with Crippen molar-refractivity contribution in [1.82, 2.24) is 19.9 Å².